The minimum atomic E-state index is -1.03. The molecular weight excluding hydrogens is 160 g/mol. The van der Waals surface area contributed by atoms with Crippen LogP contribution in [0.4, 0.5) is 0 Å². The molecule has 1 atom stereocenters. The highest BCUT2D eigenvalue weighted by molar-refractivity contribution is 5.72. The predicted molar refractivity (Wildman–Crippen MR) is 27.5 cm³/mol. The van der Waals surface area contributed by atoms with Crippen LogP contribution in [-0.4, -0.2) is 17.1 Å². The van der Waals surface area contributed by atoms with Crippen molar-refractivity contribution in [3.63, 3.8) is 0 Å². The Kier molecular flexibility index (Phi) is 6.98. The van der Waals surface area contributed by atoms with E-state index in [1.165, 1.54) is 6.92 Å². The second-order valence-corrected chi connectivity index (χ2v) is 1.39. The molecule has 0 saturated carbocycles. The number of rotatable bonds is 3. The van der Waals surface area contributed by atoms with Gasteiger partial charge in [0.25, 0.3) is 0 Å². The molecule has 0 aliphatic heterocycles. The molecular formula is C3H7ClN4O2. The summed E-state index contributed by atoms with van der Waals surface area (Å²) in [6, 6.07) is -0.793. The van der Waals surface area contributed by atoms with Crippen LogP contribution < -0.4 is 22.7 Å². The molecule has 10 heavy (non-hydrogen) atoms. The van der Waals surface area contributed by atoms with Crippen molar-refractivity contribution in [1.82, 2.24) is 10.3 Å². The molecule has 0 amide bonds. The number of carboxylic acid groups (broad SMARTS) is 1. The average molecular weight is 167 g/mol. The molecule has 7 heteroatoms. The minimum Gasteiger partial charge on any atom is -1.00 e. The van der Waals surface area contributed by atoms with E-state index < -0.39 is 12.0 Å². The van der Waals surface area contributed by atoms with Gasteiger partial charge in [0.05, 0.1) is 4.91 Å². The fraction of sp³-hybridized carbons (Fsp3) is 0.667. The maximum atomic E-state index is 9.98. The lowest BCUT2D eigenvalue weighted by Gasteiger charge is -1.92. The zero-order chi connectivity index (χ0) is 7.28. The zero-order valence-electron chi connectivity index (χ0n) is 5.21. The van der Waals surface area contributed by atoms with Crippen molar-refractivity contribution in [3.05, 3.63) is 0 Å². The van der Waals surface area contributed by atoms with E-state index in [-0.39, 0.29) is 12.4 Å². The van der Waals surface area contributed by atoms with Gasteiger partial charge in [-0.3, -0.25) is 0 Å². The van der Waals surface area contributed by atoms with E-state index in [1.807, 2.05) is 0 Å². The van der Waals surface area contributed by atoms with Crippen molar-refractivity contribution in [2.24, 2.45) is 5.22 Å². The largest absolute Gasteiger partial charge is 1.00 e. The van der Waals surface area contributed by atoms with E-state index in [2.05, 4.69) is 15.6 Å². The Balaban J connectivity index is 0. The summed E-state index contributed by atoms with van der Waals surface area (Å²) in [5.74, 6) is -1.03. The van der Waals surface area contributed by atoms with Gasteiger partial charge in [-0.2, -0.15) is 5.43 Å². The van der Waals surface area contributed by atoms with Crippen molar-refractivity contribution >= 4 is 5.97 Å². The fourth-order valence-corrected chi connectivity index (χ4v) is 0.171. The van der Waals surface area contributed by atoms with Crippen LogP contribution in [-0.2, 0) is 4.79 Å². The van der Waals surface area contributed by atoms with Crippen LogP contribution in [0.1, 0.15) is 6.92 Å². The van der Waals surface area contributed by atoms with Crippen molar-refractivity contribution in [1.29, 1.82) is 5.53 Å². The predicted octanol–water partition coefficient (Wildman–Crippen LogP) is -3.48. The molecule has 0 radical (unpaired) electrons. The van der Waals surface area contributed by atoms with Gasteiger partial charge in [-0.25, -0.2) is 4.79 Å². The summed E-state index contributed by atoms with van der Waals surface area (Å²) in [4.78, 5) is 12.5. The number of halogens is 1. The zero-order valence-corrected chi connectivity index (χ0v) is 5.96. The van der Waals surface area contributed by atoms with Gasteiger partial charge < -0.3 is 17.5 Å². The summed E-state index contributed by atoms with van der Waals surface area (Å²) in [6.07, 6.45) is 0. The molecule has 0 aliphatic rings. The lowest BCUT2D eigenvalue weighted by molar-refractivity contribution is -0.139. The van der Waals surface area contributed by atoms with E-state index in [0.717, 1.165) is 0 Å². The highest BCUT2D eigenvalue weighted by atomic mass is 35.5. The number of carboxylic acids is 1. The number of hydrogen-bond acceptors (Lipinski definition) is 3. The third-order valence-electron chi connectivity index (χ3n) is 0.672. The number of nitrogens with zero attached hydrogens (tertiary/aromatic N) is 2. The quantitative estimate of drug-likeness (QED) is 0.231. The molecule has 0 heterocycles. The number of aliphatic carboxylic acids is 1. The third kappa shape index (κ3) is 5.02. The molecule has 6 nitrogen and oxygen atoms in total. The van der Waals surface area contributed by atoms with E-state index in [4.69, 9.17) is 10.6 Å². The molecule has 3 N–H and O–H groups in total. The van der Waals surface area contributed by atoms with E-state index in [1.54, 1.807) is 0 Å². The normalized spacial score (nSPS) is 10.1. The summed E-state index contributed by atoms with van der Waals surface area (Å²) in [6.45, 7) is 1.40. The maximum Gasteiger partial charge on any atom is 0.350 e. The van der Waals surface area contributed by atoms with Gasteiger partial charge in [0.1, 0.15) is 0 Å². The Morgan fingerprint density at radius 3 is 2.70 bits per heavy atom. The molecule has 0 aromatic rings. The highest BCUT2D eigenvalue weighted by Crippen LogP contribution is 1.77. The molecule has 0 spiro atoms. The first-order valence-corrected chi connectivity index (χ1v) is 2.23. The molecule has 0 aromatic carbocycles. The molecule has 0 rings (SSSR count). The van der Waals surface area contributed by atoms with Gasteiger partial charge in [0, 0.05) is 0 Å². The van der Waals surface area contributed by atoms with Gasteiger partial charge in [-0.05, 0) is 12.5 Å². The van der Waals surface area contributed by atoms with E-state index in [0.29, 0.717) is 0 Å². The van der Waals surface area contributed by atoms with Crippen LogP contribution in [0.25, 0.3) is 0 Å². The molecule has 0 aromatic heterocycles. The topological polar surface area (TPSA) is 99.6 Å². The average Bonchev–Trinajstić information content (AvgIpc) is 1.82. The van der Waals surface area contributed by atoms with Crippen LogP contribution in [0, 0.1) is 5.53 Å². The summed E-state index contributed by atoms with van der Waals surface area (Å²) in [5, 5.41) is 11.1. The van der Waals surface area contributed by atoms with Gasteiger partial charge in [-0.15, -0.1) is 0 Å². The van der Waals surface area contributed by atoms with Crippen LogP contribution in [0.2, 0.25) is 0 Å². The monoisotopic (exact) mass is 166 g/mol. The summed E-state index contributed by atoms with van der Waals surface area (Å²) >= 11 is 0. The Bertz CT molecular complexity index is 155. The number of carbonyl (C=O) groups is 1. The van der Waals surface area contributed by atoms with Crippen LogP contribution in [0.5, 0.6) is 0 Å². The lowest BCUT2D eigenvalue weighted by Crippen LogP contribution is -3.00. The third-order valence-corrected chi connectivity index (χ3v) is 0.672. The Hall–Kier alpha value is -1.13. The van der Waals surface area contributed by atoms with E-state index in [9.17, 15) is 4.79 Å². The Morgan fingerprint density at radius 1 is 1.90 bits per heavy atom. The van der Waals surface area contributed by atoms with Crippen molar-refractivity contribution < 1.29 is 22.3 Å². The standard InChI is InChI=1S/C3H6N4O2.ClH/c1-2(3(8)9)5-7-6-4;/h2,4H,1H3,(H,8,9);1H. The molecule has 0 aliphatic carbocycles. The molecule has 0 bridgehead atoms. The maximum absolute atomic E-state index is 9.98. The Morgan fingerprint density at radius 2 is 2.40 bits per heavy atom. The molecule has 0 saturated heterocycles. The minimum absolute atomic E-state index is 0. The lowest BCUT2D eigenvalue weighted by atomic mass is 10.4. The van der Waals surface area contributed by atoms with E-state index >= 15 is 0 Å². The van der Waals surface area contributed by atoms with Gasteiger partial charge in [-0.1, -0.05) is 0 Å². The van der Waals surface area contributed by atoms with Crippen LogP contribution in [0.3, 0.4) is 0 Å². The Labute approximate surface area is 63.2 Å². The second kappa shape index (κ2) is 6.00. The van der Waals surface area contributed by atoms with Crippen molar-refractivity contribution in [2.45, 2.75) is 13.0 Å². The van der Waals surface area contributed by atoms with Crippen molar-refractivity contribution in [2.75, 3.05) is 0 Å². The first kappa shape index (κ1) is 11.6. The first-order chi connectivity index (χ1) is 4.18. The first-order valence-electron chi connectivity index (χ1n) is 2.23. The SMILES string of the molecule is CC(NN=[N+]=N)C(=O)O.[Cl-]. The molecule has 0 fully saturated rings. The molecule has 1 unspecified atom stereocenters. The van der Waals surface area contributed by atoms with Crippen LogP contribution >= 0.6 is 0 Å². The number of nitrogens with one attached hydrogen (secondary N) is 2. The fourth-order valence-electron chi connectivity index (χ4n) is 0.171. The van der Waals surface area contributed by atoms with Crippen molar-refractivity contribution in [3.8, 4) is 0 Å². The summed E-state index contributed by atoms with van der Waals surface area (Å²) in [7, 11) is 0. The number of hydrogen-bond donors (Lipinski definition) is 3. The molecule has 58 valence electrons. The van der Waals surface area contributed by atoms with Gasteiger partial charge >= 0.3 is 5.97 Å². The van der Waals surface area contributed by atoms with Crippen LogP contribution in [0.15, 0.2) is 5.22 Å². The van der Waals surface area contributed by atoms with Gasteiger partial charge in [0.15, 0.2) is 0 Å². The second-order valence-electron chi connectivity index (χ2n) is 1.39. The smallest absolute Gasteiger partial charge is 0.350 e. The summed E-state index contributed by atoms with van der Waals surface area (Å²) in [5.41, 5.74) is 8.24. The van der Waals surface area contributed by atoms with Gasteiger partial charge in [0.2, 0.25) is 11.3 Å². The highest BCUT2D eigenvalue weighted by Gasteiger charge is 2.13. The summed E-state index contributed by atoms with van der Waals surface area (Å²) < 4.78 is 0.